The quantitative estimate of drug-likeness (QED) is 0.457. The summed E-state index contributed by atoms with van der Waals surface area (Å²) < 4.78 is 9.58. The molecule has 0 aliphatic carbocycles. The highest BCUT2D eigenvalue weighted by Gasteiger charge is 2.13. The normalized spacial score (nSPS) is 9.50. The molecule has 7 heteroatoms. The third-order valence-electron chi connectivity index (χ3n) is 2.19. The topological polar surface area (TPSA) is 82.0 Å². The Labute approximate surface area is 120 Å². The van der Waals surface area contributed by atoms with Crippen molar-refractivity contribution < 1.29 is 23.9 Å². The van der Waals surface area contributed by atoms with Gasteiger partial charge in [-0.1, -0.05) is 11.6 Å². The Hall–Kier alpha value is -2.17. The second-order valence-electron chi connectivity index (χ2n) is 3.56. The SMILES string of the molecule is CCOC(=O)CCOC(=O)c1cc(N=C=O)ccc1Cl. The molecule has 1 aromatic carbocycles. The Kier molecular flexibility index (Phi) is 6.43. The maximum atomic E-state index is 11.8. The molecule has 0 spiro atoms. The largest absolute Gasteiger partial charge is 0.466 e. The standard InChI is InChI=1S/C13H12ClNO5/c1-2-19-12(17)5-6-20-13(18)10-7-9(15-8-16)3-4-11(10)14/h3-4,7H,2,5-6H2,1H3. The zero-order valence-corrected chi connectivity index (χ0v) is 11.5. The molecule has 0 saturated carbocycles. The molecule has 0 saturated heterocycles. The zero-order chi connectivity index (χ0) is 15.0. The van der Waals surface area contributed by atoms with Gasteiger partial charge in [-0.2, -0.15) is 4.99 Å². The van der Waals surface area contributed by atoms with E-state index in [2.05, 4.69) is 9.73 Å². The maximum Gasteiger partial charge on any atom is 0.339 e. The third kappa shape index (κ3) is 4.84. The number of isocyanates is 1. The van der Waals surface area contributed by atoms with Crippen molar-refractivity contribution in [1.82, 2.24) is 0 Å². The van der Waals surface area contributed by atoms with E-state index >= 15 is 0 Å². The molecule has 1 rings (SSSR count). The number of carbonyl (C=O) groups excluding carboxylic acids is 3. The monoisotopic (exact) mass is 297 g/mol. The van der Waals surface area contributed by atoms with Gasteiger partial charge in [-0.25, -0.2) is 9.59 Å². The summed E-state index contributed by atoms with van der Waals surface area (Å²) in [6.45, 7) is 1.84. The summed E-state index contributed by atoms with van der Waals surface area (Å²) in [7, 11) is 0. The molecule has 20 heavy (non-hydrogen) atoms. The predicted molar refractivity (Wildman–Crippen MR) is 70.8 cm³/mol. The van der Waals surface area contributed by atoms with Crippen LogP contribution in [0.5, 0.6) is 0 Å². The Balaban J connectivity index is 2.65. The number of ether oxygens (including phenoxy) is 2. The van der Waals surface area contributed by atoms with Gasteiger partial charge < -0.3 is 9.47 Å². The van der Waals surface area contributed by atoms with E-state index in [-0.39, 0.29) is 35.9 Å². The number of hydrogen-bond acceptors (Lipinski definition) is 6. The Bertz CT molecular complexity index is 552. The van der Waals surface area contributed by atoms with Gasteiger partial charge in [-0.3, -0.25) is 4.79 Å². The lowest BCUT2D eigenvalue weighted by atomic mass is 10.2. The second-order valence-corrected chi connectivity index (χ2v) is 3.97. The summed E-state index contributed by atoms with van der Waals surface area (Å²) in [5.74, 6) is -1.16. The van der Waals surface area contributed by atoms with Crippen LogP contribution in [0.15, 0.2) is 23.2 Å². The Morgan fingerprint density at radius 2 is 2.10 bits per heavy atom. The molecular formula is C13H12ClNO5. The first-order valence-electron chi connectivity index (χ1n) is 5.78. The van der Waals surface area contributed by atoms with Gasteiger partial charge >= 0.3 is 11.9 Å². The first kappa shape index (κ1) is 15.9. The van der Waals surface area contributed by atoms with Crippen LogP contribution in [-0.2, 0) is 19.1 Å². The molecule has 1 aromatic rings. The summed E-state index contributed by atoms with van der Waals surface area (Å²) in [5, 5.41) is 0.163. The number of benzene rings is 1. The number of esters is 2. The molecule has 0 aromatic heterocycles. The molecule has 0 fully saturated rings. The van der Waals surface area contributed by atoms with Crippen molar-refractivity contribution in [2.45, 2.75) is 13.3 Å². The van der Waals surface area contributed by atoms with Gasteiger partial charge in [0.15, 0.2) is 0 Å². The highest BCUT2D eigenvalue weighted by Crippen LogP contribution is 2.23. The van der Waals surface area contributed by atoms with Crippen LogP contribution in [-0.4, -0.2) is 31.2 Å². The lowest BCUT2D eigenvalue weighted by molar-refractivity contribution is -0.143. The first-order valence-corrected chi connectivity index (χ1v) is 6.16. The number of carbonyl (C=O) groups is 2. The van der Waals surface area contributed by atoms with Crippen molar-refractivity contribution in [2.75, 3.05) is 13.2 Å². The molecule has 0 heterocycles. The van der Waals surface area contributed by atoms with E-state index in [1.807, 2.05) is 0 Å². The number of rotatable bonds is 6. The fourth-order valence-electron chi connectivity index (χ4n) is 1.33. The van der Waals surface area contributed by atoms with Gasteiger partial charge in [0.05, 0.1) is 29.3 Å². The Morgan fingerprint density at radius 1 is 1.35 bits per heavy atom. The molecule has 0 bridgehead atoms. The lowest BCUT2D eigenvalue weighted by Gasteiger charge is -2.06. The van der Waals surface area contributed by atoms with Crippen molar-refractivity contribution in [3.05, 3.63) is 28.8 Å². The summed E-state index contributed by atoms with van der Waals surface area (Å²) in [6, 6.07) is 4.18. The molecule has 0 unspecified atom stereocenters. The van der Waals surface area contributed by atoms with E-state index < -0.39 is 11.9 Å². The molecule has 0 aliphatic heterocycles. The van der Waals surface area contributed by atoms with Crippen LogP contribution in [0.25, 0.3) is 0 Å². The average molecular weight is 298 g/mol. The minimum Gasteiger partial charge on any atom is -0.466 e. The van der Waals surface area contributed by atoms with Crippen LogP contribution in [0.1, 0.15) is 23.7 Å². The van der Waals surface area contributed by atoms with Crippen molar-refractivity contribution in [2.24, 2.45) is 4.99 Å². The van der Waals surface area contributed by atoms with Crippen molar-refractivity contribution in [3.8, 4) is 0 Å². The number of aliphatic imine (C=N–C) groups is 1. The molecule has 0 amide bonds. The van der Waals surface area contributed by atoms with Gasteiger partial charge in [0.25, 0.3) is 0 Å². The molecule has 0 atom stereocenters. The first-order chi connectivity index (χ1) is 9.58. The van der Waals surface area contributed by atoms with E-state index in [1.54, 1.807) is 6.92 Å². The molecule has 0 aliphatic rings. The van der Waals surface area contributed by atoms with Gasteiger partial charge in [-0.15, -0.1) is 0 Å². The van der Waals surface area contributed by atoms with Crippen LogP contribution in [0.2, 0.25) is 5.02 Å². The summed E-state index contributed by atoms with van der Waals surface area (Å²) >= 11 is 5.85. The molecule has 0 N–H and O–H groups in total. The molecule has 106 valence electrons. The lowest BCUT2D eigenvalue weighted by Crippen LogP contribution is -2.12. The number of halogens is 1. The van der Waals surface area contributed by atoms with Gasteiger partial charge in [0.1, 0.15) is 6.61 Å². The van der Waals surface area contributed by atoms with E-state index in [0.29, 0.717) is 0 Å². The fourth-order valence-corrected chi connectivity index (χ4v) is 1.52. The second kappa shape index (κ2) is 8.09. The highest BCUT2D eigenvalue weighted by atomic mass is 35.5. The summed E-state index contributed by atoms with van der Waals surface area (Å²) in [5.41, 5.74) is 0.300. The Morgan fingerprint density at radius 3 is 2.75 bits per heavy atom. The highest BCUT2D eigenvalue weighted by molar-refractivity contribution is 6.33. The molecular weight excluding hydrogens is 286 g/mol. The minimum absolute atomic E-state index is 0.0383. The minimum atomic E-state index is -0.706. The fraction of sp³-hybridized carbons (Fsp3) is 0.308. The van der Waals surface area contributed by atoms with E-state index in [9.17, 15) is 14.4 Å². The van der Waals surface area contributed by atoms with Crippen LogP contribution in [0, 0.1) is 0 Å². The zero-order valence-electron chi connectivity index (χ0n) is 10.7. The molecule has 0 radical (unpaired) electrons. The van der Waals surface area contributed by atoms with E-state index in [4.69, 9.17) is 16.3 Å². The van der Waals surface area contributed by atoms with Crippen LogP contribution in [0.3, 0.4) is 0 Å². The smallest absolute Gasteiger partial charge is 0.339 e. The van der Waals surface area contributed by atoms with Gasteiger partial charge in [-0.05, 0) is 25.1 Å². The van der Waals surface area contributed by atoms with E-state index in [0.717, 1.165) is 0 Å². The number of hydrogen-bond donors (Lipinski definition) is 0. The average Bonchev–Trinajstić information content (AvgIpc) is 2.41. The van der Waals surface area contributed by atoms with Crippen LogP contribution >= 0.6 is 11.6 Å². The van der Waals surface area contributed by atoms with Gasteiger partial charge in [0.2, 0.25) is 6.08 Å². The predicted octanol–water partition coefficient (Wildman–Crippen LogP) is 2.42. The van der Waals surface area contributed by atoms with Gasteiger partial charge in [0, 0.05) is 0 Å². The third-order valence-corrected chi connectivity index (χ3v) is 2.52. The van der Waals surface area contributed by atoms with Crippen LogP contribution < -0.4 is 0 Å². The van der Waals surface area contributed by atoms with Crippen molar-refractivity contribution in [1.29, 1.82) is 0 Å². The summed E-state index contributed by atoms with van der Waals surface area (Å²) in [4.78, 5) is 36.4. The van der Waals surface area contributed by atoms with Crippen molar-refractivity contribution >= 4 is 35.3 Å². The van der Waals surface area contributed by atoms with Crippen molar-refractivity contribution in [3.63, 3.8) is 0 Å². The molecule has 6 nitrogen and oxygen atoms in total. The maximum absolute atomic E-state index is 11.8. The summed E-state index contributed by atoms with van der Waals surface area (Å²) in [6.07, 6.45) is 1.32. The number of nitrogens with zero attached hydrogens (tertiary/aromatic N) is 1. The van der Waals surface area contributed by atoms with E-state index in [1.165, 1.54) is 24.3 Å². The van der Waals surface area contributed by atoms with Crippen LogP contribution in [0.4, 0.5) is 5.69 Å².